The van der Waals surface area contributed by atoms with E-state index in [1.165, 1.54) is 23.2 Å². The molecule has 0 bridgehead atoms. The Balaban J connectivity index is 0.000000177. The maximum Gasteiger partial charge on any atom is 0.330 e. The molecule has 1 saturated heterocycles. The van der Waals surface area contributed by atoms with E-state index in [1.807, 2.05) is 0 Å². The highest BCUT2D eigenvalue weighted by Crippen LogP contribution is 2.27. The lowest BCUT2D eigenvalue weighted by atomic mass is 10.2. The molecule has 0 saturated carbocycles. The van der Waals surface area contributed by atoms with Crippen molar-refractivity contribution in [2.75, 3.05) is 12.0 Å². The van der Waals surface area contributed by atoms with Gasteiger partial charge < -0.3 is 14.9 Å². The van der Waals surface area contributed by atoms with Crippen molar-refractivity contribution in [2.24, 2.45) is 5.84 Å². The molecule has 7 N–H and O–H groups in total. The lowest BCUT2D eigenvalue weighted by Crippen LogP contribution is -2.33. The first kappa shape index (κ1) is 21.3. The molecule has 1 fully saturated rings. The summed E-state index contributed by atoms with van der Waals surface area (Å²) >= 11 is 0. The van der Waals surface area contributed by atoms with E-state index in [1.54, 1.807) is 6.92 Å². The van der Waals surface area contributed by atoms with Gasteiger partial charge in [-0.2, -0.15) is 4.98 Å². The SMILES string of the molecule is Cc1cn([C@H]2C[C@H](O)[C@@H](CO)O2)c(=O)[nH]c1=O.NNc1nc2nccnc2c(=O)[nH]1. The number of ether oxygens (including phenoxy) is 1. The van der Waals surface area contributed by atoms with Crippen molar-refractivity contribution in [3.05, 3.63) is 55.3 Å². The summed E-state index contributed by atoms with van der Waals surface area (Å²) in [6.45, 7) is 1.26. The van der Waals surface area contributed by atoms with Crippen molar-refractivity contribution < 1.29 is 14.9 Å². The zero-order valence-corrected chi connectivity index (χ0v) is 15.8. The fourth-order valence-corrected chi connectivity index (χ4v) is 2.79. The predicted molar refractivity (Wildman–Crippen MR) is 103 cm³/mol. The highest BCUT2D eigenvalue weighted by Gasteiger charge is 2.34. The van der Waals surface area contributed by atoms with Crippen molar-refractivity contribution in [3.8, 4) is 0 Å². The molecule has 0 aromatic carbocycles. The molecule has 3 aromatic heterocycles. The third-order valence-corrected chi connectivity index (χ3v) is 4.32. The second-order valence-electron chi connectivity index (χ2n) is 6.38. The van der Waals surface area contributed by atoms with Crippen molar-refractivity contribution in [2.45, 2.75) is 31.8 Å². The van der Waals surface area contributed by atoms with Crippen LogP contribution in [-0.2, 0) is 4.74 Å². The molecule has 14 nitrogen and oxygen atoms in total. The molecule has 30 heavy (non-hydrogen) atoms. The molecule has 0 radical (unpaired) electrons. The Labute approximate surface area is 167 Å². The minimum atomic E-state index is -0.816. The molecular weight excluding hydrogens is 400 g/mol. The molecule has 4 heterocycles. The van der Waals surface area contributed by atoms with Crippen molar-refractivity contribution >= 4 is 17.1 Å². The summed E-state index contributed by atoms with van der Waals surface area (Å²) in [5.41, 5.74) is 1.67. The number of hydrogen-bond donors (Lipinski definition) is 6. The van der Waals surface area contributed by atoms with E-state index >= 15 is 0 Å². The van der Waals surface area contributed by atoms with E-state index < -0.39 is 29.7 Å². The fraction of sp³-hybridized carbons (Fsp3) is 0.375. The Bertz CT molecular complexity index is 1200. The Morgan fingerprint density at radius 1 is 1.27 bits per heavy atom. The standard InChI is InChI=1S/C10H14N2O5.C6H6N6O/c1-5-3-12(10(16)11-9(5)15)8-2-6(14)7(4-13)17-8;7-12-6-10-4-3(5(13)11-6)8-1-2-9-4/h3,6-8,13-14H,2,4H2,1H3,(H,11,15,16);1-2H,7H2,(H2,9,10,11,12,13)/t6-,7+,8+;/m0./s1. The number of aromatic nitrogens is 6. The van der Waals surface area contributed by atoms with Crippen LogP contribution < -0.4 is 28.1 Å². The van der Waals surface area contributed by atoms with Crippen LogP contribution in [0.1, 0.15) is 18.2 Å². The third-order valence-electron chi connectivity index (χ3n) is 4.32. The van der Waals surface area contributed by atoms with E-state index in [0.29, 0.717) is 5.56 Å². The first-order chi connectivity index (χ1) is 14.3. The Morgan fingerprint density at radius 3 is 2.67 bits per heavy atom. The number of H-pyrrole nitrogens is 2. The van der Waals surface area contributed by atoms with Crippen LogP contribution in [-0.4, -0.2) is 58.5 Å². The van der Waals surface area contributed by atoms with Crippen LogP contribution in [0.15, 0.2) is 33.0 Å². The maximum absolute atomic E-state index is 11.6. The number of nitrogens with zero attached hydrogens (tertiary/aromatic N) is 4. The Kier molecular flexibility index (Phi) is 6.31. The van der Waals surface area contributed by atoms with Crippen LogP contribution in [0.25, 0.3) is 11.2 Å². The number of nitrogen functional groups attached to an aromatic ring is 1. The number of aryl methyl sites for hydroxylation is 1. The first-order valence-electron chi connectivity index (χ1n) is 8.78. The summed E-state index contributed by atoms with van der Waals surface area (Å²) in [4.78, 5) is 50.1. The van der Waals surface area contributed by atoms with Crippen LogP contribution in [0.2, 0.25) is 0 Å². The third kappa shape index (κ3) is 4.41. The molecule has 4 rings (SSSR count). The molecule has 1 aliphatic heterocycles. The average molecular weight is 420 g/mol. The summed E-state index contributed by atoms with van der Waals surface area (Å²) in [7, 11) is 0. The van der Waals surface area contributed by atoms with Crippen LogP contribution in [0.3, 0.4) is 0 Å². The van der Waals surface area contributed by atoms with Gasteiger partial charge in [-0.15, -0.1) is 0 Å². The highest BCUT2D eigenvalue weighted by molar-refractivity contribution is 5.68. The Hall–Kier alpha value is -3.46. The lowest BCUT2D eigenvalue weighted by molar-refractivity contribution is -0.0459. The molecule has 3 atom stereocenters. The minimum Gasteiger partial charge on any atom is -0.394 e. The van der Waals surface area contributed by atoms with Gasteiger partial charge in [0.05, 0.1) is 12.7 Å². The van der Waals surface area contributed by atoms with Gasteiger partial charge in [0.1, 0.15) is 12.3 Å². The maximum atomic E-state index is 11.6. The van der Waals surface area contributed by atoms with Crippen molar-refractivity contribution in [1.29, 1.82) is 0 Å². The number of hydrogen-bond acceptors (Lipinski definition) is 11. The van der Waals surface area contributed by atoms with Crippen LogP contribution in [0.5, 0.6) is 0 Å². The molecule has 0 aliphatic carbocycles. The molecule has 0 unspecified atom stereocenters. The predicted octanol–water partition coefficient (Wildman–Crippen LogP) is -2.52. The number of aliphatic hydroxyl groups is 2. The number of aliphatic hydroxyl groups excluding tert-OH is 2. The van der Waals surface area contributed by atoms with Gasteiger partial charge in [-0.3, -0.25) is 29.5 Å². The zero-order valence-electron chi connectivity index (χ0n) is 15.8. The van der Waals surface area contributed by atoms with Gasteiger partial charge in [-0.25, -0.2) is 20.6 Å². The summed E-state index contributed by atoms with van der Waals surface area (Å²) in [6, 6.07) is 0. The normalized spacial score (nSPS) is 20.6. The van der Waals surface area contributed by atoms with Gasteiger partial charge in [-0.05, 0) is 6.92 Å². The summed E-state index contributed by atoms with van der Waals surface area (Å²) in [6.07, 6.45) is 2.30. The largest absolute Gasteiger partial charge is 0.394 e. The number of aromatic amines is 2. The first-order valence-corrected chi connectivity index (χ1v) is 8.78. The average Bonchev–Trinajstić information content (AvgIpc) is 3.11. The fourth-order valence-electron chi connectivity index (χ4n) is 2.79. The molecule has 14 heteroatoms. The monoisotopic (exact) mass is 420 g/mol. The molecular formula is C16H20N8O6. The Morgan fingerprint density at radius 2 is 2.00 bits per heavy atom. The van der Waals surface area contributed by atoms with Crippen LogP contribution >= 0.6 is 0 Å². The second kappa shape index (κ2) is 8.91. The van der Waals surface area contributed by atoms with Gasteiger partial charge in [0, 0.05) is 30.6 Å². The van der Waals surface area contributed by atoms with E-state index in [4.69, 9.17) is 15.7 Å². The van der Waals surface area contributed by atoms with E-state index in [0.717, 1.165) is 0 Å². The second-order valence-corrected chi connectivity index (χ2v) is 6.38. The van der Waals surface area contributed by atoms with Gasteiger partial charge in [0.25, 0.3) is 11.1 Å². The lowest BCUT2D eigenvalue weighted by Gasteiger charge is -2.14. The zero-order chi connectivity index (χ0) is 21.8. The van der Waals surface area contributed by atoms with E-state index in [2.05, 4.69) is 30.3 Å². The van der Waals surface area contributed by atoms with Crippen molar-refractivity contribution in [1.82, 2.24) is 29.5 Å². The van der Waals surface area contributed by atoms with Gasteiger partial charge in [0.15, 0.2) is 11.2 Å². The minimum absolute atomic E-state index is 0.165. The summed E-state index contributed by atoms with van der Waals surface area (Å²) < 4.78 is 6.54. The van der Waals surface area contributed by atoms with Gasteiger partial charge in [-0.1, -0.05) is 0 Å². The van der Waals surface area contributed by atoms with Crippen LogP contribution in [0.4, 0.5) is 5.95 Å². The van der Waals surface area contributed by atoms with E-state index in [-0.39, 0.29) is 35.7 Å². The molecule has 0 amide bonds. The number of anilines is 1. The van der Waals surface area contributed by atoms with E-state index in [9.17, 15) is 19.5 Å². The number of nitrogens with two attached hydrogens (primary N) is 1. The van der Waals surface area contributed by atoms with Crippen molar-refractivity contribution in [3.63, 3.8) is 0 Å². The van der Waals surface area contributed by atoms with Gasteiger partial charge in [0.2, 0.25) is 5.95 Å². The smallest absolute Gasteiger partial charge is 0.330 e. The molecule has 3 aromatic rings. The number of rotatable bonds is 3. The molecule has 0 spiro atoms. The quantitative estimate of drug-likeness (QED) is 0.192. The number of hydrazine groups is 1. The molecule has 160 valence electrons. The van der Waals surface area contributed by atoms with Gasteiger partial charge >= 0.3 is 5.69 Å². The highest BCUT2D eigenvalue weighted by atomic mass is 16.5. The summed E-state index contributed by atoms with van der Waals surface area (Å²) in [5.74, 6) is 5.24. The van der Waals surface area contributed by atoms with Crippen LogP contribution in [0, 0.1) is 6.92 Å². The number of nitrogens with one attached hydrogen (secondary N) is 3. The number of fused-ring (bicyclic) bond motifs is 1. The summed E-state index contributed by atoms with van der Waals surface area (Å²) in [5, 5.41) is 18.5. The molecule has 1 aliphatic rings. The topological polar surface area (TPSA) is 214 Å².